The van der Waals surface area contributed by atoms with Gasteiger partial charge >= 0.3 is 0 Å². The Morgan fingerprint density at radius 1 is 0.417 bits per heavy atom. The predicted octanol–water partition coefficient (Wildman–Crippen LogP) is 12.0. The van der Waals surface area contributed by atoms with Crippen molar-refractivity contribution in [1.82, 2.24) is 9.97 Å². The van der Waals surface area contributed by atoms with E-state index in [1.807, 2.05) is 60.7 Å². The topological polar surface area (TPSA) is 42.2 Å². The Kier molecular flexibility index (Phi) is 6.76. The van der Waals surface area contributed by atoms with E-state index in [9.17, 15) is 0 Å². The van der Waals surface area contributed by atoms with Crippen LogP contribution in [-0.2, 0) is 0 Å². The lowest BCUT2D eigenvalue weighted by atomic mass is 10.0. The average Bonchev–Trinajstić information content (AvgIpc) is 3.55. The summed E-state index contributed by atoms with van der Waals surface area (Å²) >= 11 is 0. The van der Waals surface area contributed by atoms with E-state index in [2.05, 4.69) is 120 Å². The average molecular weight is 616 g/mol. The third kappa shape index (κ3) is 4.88. The summed E-state index contributed by atoms with van der Waals surface area (Å²) in [5.41, 5.74) is 10.8. The van der Waals surface area contributed by atoms with Crippen molar-refractivity contribution < 1.29 is 4.42 Å². The third-order valence-corrected chi connectivity index (χ3v) is 8.87. The van der Waals surface area contributed by atoms with E-state index in [1.165, 1.54) is 11.1 Å². The molecule has 2 heterocycles. The van der Waals surface area contributed by atoms with Crippen LogP contribution in [0.25, 0.3) is 66.6 Å². The van der Waals surface area contributed by atoms with Crippen LogP contribution < -0.4 is 4.90 Å². The first-order valence-corrected chi connectivity index (χ1v) is 16.1. The van der Waals surface area contributed by atoms with Gasteiger partial charge in [-0.15, -0.1) is 0 Å². The smallest absolute Gasteiger partial charge is 0.160 e. The van der Waals surface area contributed by atoms with E-state index in [4.69, 9.17) is 14.4 Å². The fraction of sp³-hybridized carbons (Fsp3) is 0. The molecule has 48 heavy (non-hydrogen) atoms. The van der Waals surface area contributed by atoms with Gasteiger partial charge < -0.3 is 9.32 Å². The van der Waals surface area contributed by atoms with Gasteiger partial charge in [-0.3, -0.25) is 0 Å². The fourth-order valence-electron chi connectivity index (χ4n) is 6.56. The zero-order valence-corrected chi connectivity index (χ0v) is 26.0. The SMILES string of the molecule is c1ccc(-c2ccc(N(c3ccccc3)c3cccc4c3oc3cc(-c5nc(-c6ccccc6)nc6ccccc56)ccc34)cc2)cc1. The number of anilines is 3. The number of aromatic nitrogens is 2. The maximum atomic E-state index is 6.80. The molecule has 0 unspecified atom stereocenters. The molecule has 7 aromatic carbocycles. The summed E-state index contributed by atoms with van der Waals surface area (Å²) in [6.45, 7) is 0. The molecule has 0 spiro atoms. The van der Waals surface area contributed by atoms with E-state index >= 15 is 0 Å². The lowest BCUT2D eigenvalue weighted by Crippen LogP contribution is -2.10. The van der Waals surface area contributed by atoms with E-state index < -0.39 is 0 Å². The number of hydrogen-bond donors (Lipinski definition) is 0. The molecule has 0 saturated heterocycles. The molecule has 0 saturated carbocycles. The number of rotatable bonds is 6. The highest BCUT2D eigenvalue weighted by Crippen LogP contribution is 2.43. The van der Waals surface area contributed by atoms with Crippen molar-refractivity contribution in [3.63, 3.8) is 0 Å². The Hall–Kier alpha value is -6.52. The second kappa shape index (κ2) is 11.7. The second-order valence-electron chi connectivity index (χ2n) is 11.8. The molecule has 4 heteroatoms. The summed E-state index contributed by atoms with van der Waals surface area (Å²) in [7, 11) is 0. The van der Waals surface area contributed by atoms with Gasteiger partial charge in [0.2, 0.25) is 0 Å². The molecule has 9 rings (SSSR count). The van der Waals surface area contributed by atoms with Crippen molar-refractivity contribution in [2.75, 3.05) is 4.90 Å². The molecular weight excluding hydrogens is 587 g/mol. The first-order chi connectivity index (χ1) is 23.8. The molecule has 0 amide bonds. The standard InChI is InChI=1S/C44H29N3O/c1-4-13-30(14-5-1)31-23-26-35(27-24-31)47(34-17-8-3-9-18-34)40-22-12-20-37-36-28-25-33(29-41(36)48-43(37)40)42-38-19-10-11-21-39(38)45-44(46-42)32-15-6-2-7-16-32/h1-29H. The number of fused-ring (bicyclic) bond motifs is 4. The normalized spacial score (nSPS) is 11.3. The van der Waals surface area contributed by atoms with Gasteiger partial charge in [0, 0.05) is 38.7 Å². The minimum Gasteiger partial charge on any atom is -0.454 e. The Labute approximate surface area is 278 Å². The lowest BCUT2D eigenvalue weighted by molar-refractivity contribution is 0.669. The molecule has 0 aliphatic carbocycles. The van der Waals surface area contributed by atoms with Gasteiger partial charge in [-0.25, -0.2) is 9.97 Å². The van der Waals surface area contributed by atoms with Gasteiger partial charge in [-0.1, -0.05) is 127 Å². The van der Waals surface area contributed by atoms with Gasteiger partial charge in [0.1, 0.15) is 5.58 Å². The molecule has 0 radical (unpaired) electrons. The molecule has 9 aromatic rings. The van der Waals surface area contributed by atoms with Crippen molar-refractivity contribution in [1.29, 1.82) is 0 Å². The molecule has 226 valence electrons. The Morgan fingerprint density at radius 3 is 1.79 bits per heavy atom. The van der Waals surface area contributed by atoms with Crippen LogP contribution in [-0.4, -0.2) is 9.97 Å². The van der Waals surface area contributed by atoms with Crippen LogP contribution in [0.5, 0.6) is 0 Å². The summed E-state index contributed by atoms with van der Waals surface area (Å²) < 4.78 is 6.80. The van der Waals surface area contributed by atoms with E-state index in [0.29, 0.717) is 5.82 Å². The van der Waals surface area contributed by atoms with Crippen LogP contribution in [0.3, 0.4) is 0 Å². The number of benzene rings is 7. The van der Waals surface area contributed by atoms with Crippen LogP contribution in [0, 0.1) is 0 Å². The van der Waals surface area contributed by atoms with Crippen molar-refractivity contribution in [2.24, 2.45) is 0 Å². The number of nitrogens with zero attached hydrogens (tertiary/aromatic N) is 3. The fourth-order valence-corrected chi connectivity index (χ4v) is 6.56. The van der Waals surface area contributed by atoms with Crippen LogP contribution in [0.15, 0.2) is 180 Å². The van der Waals surface area contributed by atoms with Gasteiger partial charge in [-0.2, -0.15) is 0 Å². The van der Waals surface area contributed by atoms with E-state index in [-0.39, 0.29) is 0 Å². The highest BCUT2D eigenvalue weighted by molar-refractivity contribution is 6.11. The van der Waals surface area contributed by atoms with Crippen molar-refractivity contribution in [3.05, 3.63) is 176 Å². The summed E-state index contributed by atoms with van der Waals surface area (Å²) in [5.74, 6) is 0.702. The third-order valence-electron chi connectivity index (χ3n) is 8.87. The van der Waals surface area contributed by atoms with Gasteiger partial charge in [0.25, 0.3) is 0 Å². The number of furan rings is 1. The molecule has 0 aliphatic heterocycles. The molecule has 0 bridgehead atoms. The largest absolute Gasteiger partial charge is 0.454 e. The molecule has 0 N–H and O–H groups in total. The van der Waals surface area contributed by atoms with Crippen LogP contribution >= 0.6 is 0 Å². The Balaban J connectivity index is 1.20. The Bertz CT molecular complexity index is 2540. The number of para-hydroxylation sites is 3. The molecule has 0 fully saturated rings. The van der Waals surface area contributed by atoms with Crippen molar-refractivity contribution in [2.45, 2.75) is 0 Å². The number of hydrogen-bond acceptors (Lipinski definition) is 4. The molecule has 2 aromatic heterocycles. The van der Waals surface area contributed by atoms with Crippen LogP contribution in [0.4, 0.5) is 17.1 Å². The highest BCUT2D eigenvalue weighted by Gasteiger charge is 2.20. The van der Waals surface area contributed by atoms with Crippen LogP contribution in [0.1, 0.15) is 0 Å². The maximum absolute atomic E-state index is 6.80. The monoisotopic (exact) mass is 615 g/mol. The van der Waals surface area contributed by atoms with E-state index in [0.717, 1.165) is 66.7 Å². The van der Waals surface area contributed by atoms with Gasteiger partial charge in [-0.05, 0) is 59.7 Å². The molecule has 4 nitrogen and oxygen atoms in total. The lowest BCUT2D eigenvalue weighted by Gasteiger charge is -2.25. The predicted molar refractivity (Wildman–Crippen MR) is 198 cm³/mol. The first kappa shape index (κ1) is 27.8. The Morgan fingerprint density at radius 2 is 1.02 bits per heavy atom. The summed E-state index contributed by atoms with van der Waals surface area (Å²) in [4.78, 5) is 12.3. The summed E-state index contributed by atoms with van der Waals surface area (Å²) in [5, 5.41) is 3.13. The minimum absolute atomic E-state index is 0.702. The quantitative estimate of drug-likeness (QED) is 0.187. The second-order valence-corrected chi connectivity index (χ2v) is 11.8. The van der Waals surface area contributed by atoms with Crippen LogP contribution in [0.2, 0.25) is 0 Å². The summed E-state index contributed by atoms with van der Waals surface area (Å²) in [6.07, 6.45) is 0. The minimum atomic E-state index is 0.702. The van der Waals surface area contributed by atoms with Gasteiger partial charge in [0.05, 0.1) is 16.9 Å². The highest BCUT2D eigenvalue weighted by atomic mass is 16.3. The molecular formula is C44H29N3O. The first-order valence-electron chi connectivity index (χ1n) is 16.1. The van der Waals surface area contributed by atoms with Crippen molar-refractivity contribution >= 4 is 49.9 Å². The van der Waals surface area contributed by atoms with Gasteiger partial charge in [0.15, 0.2) is 11.4 Å². The zero-order chi connectivity index (χ0) is 31.9. The molecule has 0 atom stereocenters. The zero-order valence-electron chi connectivity index (χ0n) is 26.0. The van der Waals surface area contributed by atoms with Crippen molar-refractivity contribution in [3.8, 4) is 33.8 Å². The van der Waals surface area contributed by atoms with E-state index in [1.54, 1.807) is 0 Å². The maximum Gasteiger partial charge on any atom is 0.160 e. The summed E-state index contributed by atoms with van der Waals surface area (Å²) in [6, 6.07) is 60.8. The molecule has 0 aliphatic rings.